The third kappa shape index (κ3) is 10.9. The first-order valence-corrected chi connectivity index (χ1v) is 18.2. The normalized spacial score (nSPS) is 12.3. The minimum absolute atomic E-state index is 0.487. The molecular formula is C48H52N2O2. The Morgan fingerprint density at radius 2 is 1.02 bits per heavy atom. The van der Waals surface area contributed by atoms with Crippen molar-refractivity contribution in [3.8, 4) is 0 Å². The number of benzene rings is 4. The van der Waals surface area contributed by atoms with Crippen molar-refractivity contribution in [2.75, 3.05) is 0 Å². The third-order valence-corrected chi connectivity index (χ3v) is 9.64. The number of hydrogen-bond donors (Lipinski definition) is 2. The number of rotatable bonds is 11. The highest BCUT2D eigenvalue weighted by molar-refractivity contribution is 5.58. The summed E-state index contributed by atoms with van der Waals surface area (Å²) in [5.74, 6) is 0. The topological polar surface area (TPSA) is 66.2 Å². The highest BCUT2D eigenvalue weighted by Crippen LogP contribution is 2.24. The Bertz CT molecular complexity index is 2070. The molecule has 0 amide bonds. The van der Waals surface area contributed by atoms with Gasteiger partial charge in [-0.1, -0.05) is 108 Å². The number of aliphatic hydroxyl groups excluding tert-OH is 2. The molecule has 6 aromatic rings. The molecule has 4 nitrogen and oxygen atoms in total. The minimum atomic E-state index is -0.668. The fourth-order valence-electron chi connectivity index (χ4n) is 6.75. The van der Waals surface area contributed by atoms with Gasteiger partial charge in [0.05, 0.1) is 12.2 Å². The summed E-state index contributed by atoms with van der Waals surface area (Å²) in [6.07, 6.45) is 13.2. The zero-order chi connectivity index (χ0) is 37.0. The molecule has 0 spiro atoms. The second-order valence-corrected chi connectivity index (χ2v) is 14.1. The van der Waals surface area contributed by atoms with Crippen LogP contribution in [0.4, 0.5) is 0 Å². The van der Waals surface area contributed by atoms with Crippen LogP contribution < -0.4 is 0 Å². The largest absolute Gasteiger partial charge is 0.388 e. The van der Waals surface area contributed by atoms with E-state index in [1.807, 2.05) is 30.6 Å². The minimum Gasteiger partial charge on any atom is -0.388 e. The van der Waals surface area contributed by atoms with E-state index in [1.54, 1.807) is 12.4 Å². The smallest absolute Gasteiger partial charge is 0.0990 e. The maximum absolute atomic E-state index is 10.7. The Balaban J connectivity index is 0.000000201. The highest BCUT2D eigenvalue weighted by atomic mass is 16.3. The van der Waals surface area contributed by atoms with Crippen LogP contribution in [0.3, 0.4) is 0 Å². The molecule has 6 rings (SSSR count). The van der Waals surface area contributed by atoms with E-state index in [2.05, 4.69) is 143 Å². The van der Waals surface area contributed by atoms with Gasteiger partial charge in [-0.25, -0.2) is 0 Å². The van der Waals surface area contributed by atoms with Crippen LogP contribution in [-0.4, -0.2) is 20.2 Å². The molecule has 2 heterocycles. The monoisotopic (exact) mass is 688 g/mol. The fourth-order valence-corrected chi connectivity index (χ4v) is 6.75. The second-order valence-electron chi connectivity index (χ2n) is 14.1. The zero-order valence-corrected chi connectivity index (χ0v) is 31.5. The molecule has 4 aromatic carbocycles. The molecule has 0 aliphatic heterocycles. The Morgan fingerprint density at radius 3 is 1.56 bits per heavy atom. The zero-order valence-electron chi connectivity index (χ0n) is 31.5. The molecule has 4 heteroatoms. The molecule has 2 aromatic heterocycles. The summed E-state index contributed by atoms with van der Waals surface area (Å²) in [4.78, 5) is 8.67. The number of aryl methyl sites for hydroxylation is 6. The van der Waals surface area contributed by atoms with Crippen molar-refractivity contribution in [3.63, 3.8) is 0 Å². The van der Waals surface area contributed by atoms with E-state index in [4.69, 9.17) is 0 Å². The van der Waals surface area contributed by atoms with E-state index in [0.717, 1.165) is 47.1 Å². The molecule has 0 bridgehead atoms. The molecule has 0 aliphatic carbocycles. The molecule has 0 fully saturated rings. The van der Waals surface area contributed by atoms with Crippen LogP contribution in [0.15, 0.2) is 128 Å². The summed E-state index contributed by atoms with van der Waals surface area (Å²) < 4.78 is 0. The molecular weight excluding hydrogens is 637 g/mol. The van der Waals surface area contributed by atoms with Gasteiger partial charge in [0.2, 0.25) is 0 Å². The summed E-state index contributed by atoms with van der Waals surface area (Å²) >= 11 is 0. The van der Waals surface area contributed by atoms with Crippen LogP contribution in [0.1, 0.15) is 96.5 Å². The third-order valence-electron chi connectivity index (χ3n) is 9.64. The van der Waals surface area contributed by atoms with Gasteiger partial charge in [-0.3, -0.25) is 9.97 Å². The number of nitrogens with zero attached hydrogens (tertiary/aromatic N) is 2. The van der Waals surface area contributed by atoms with Gasteiger partial charge >= 0.3 is 0 Å². The summed E-state index contributed by atoms with van der Waals surface area (Å²) in [7, 11) is 0. The molecule has 0 saturated carbocycles. The van der Waals surface area contributed by atoms with E-state index in [-0.39, 0.29) is 0 Å². The number of hydrogen-bond acceptors (Lipinski definition) is 4. The summed E-state index contributed by atoms with van der Waals surface area (Å²) in [6.45, 7) is 12.7. The molecule has 2 atom stereocenters. The van der Waals surface area contributed by atoms with Crippen molar-refractivity contribution in [3.05, 3.63) is 206 Å². The van der Waals surface area contributed by atoms with Crippen molar-refractivity contribution in [2.24, 2.45) is 0 Å². The average molecular weight is 689 g/mol. The van der Waals surface area contributed by atoms with Gasteiger partial charge in [0.15, 0.2) is 0 Å². The van der Waals surface area contributed by atoms with Gasteiger partial charge in [0.1, 0.15) is 0 Å². The van der Waals surface area contributed by atoms with E-state index in [0.29, 0.717) is 6.42 Å². The van der Waals surface area contributed by atoms with Crippen molar-refractivity contribution in [1.82, 2.24) is 9.97 Å². The van der Waals surface area contributed by atoms with E-state index in [1.165, 1.54) is 50.1 Å². The number of pyridine rings is 2. The molecule has 2 N–H and O–H groups in total. The standard InChI is InChI=1S/C24H27NO.C24H25NO/c2*1-17-6-4-9-20(12-17)13-21-14-22(16-25-15-21)24(26)11-10-23-18(2)7-5-8-19(23)3/h4-9,12,14-16,24,26H,10-11,13H2,1-3H3;4-12,14-16,24,26H,13H2,1-3H3. The quantitative estimate of drug-likeness (QED) is 0.142. The lowest BCUT2D eigenvalue weighted by molar-refractivity contribution is 0.167. The summed E-state index contributed by atoms with van der Waals surface area (Å²) in [5, 5.41) is 21.2. The lowest BCUT2D eigenvalue weighted by Gasteiger charge is -2.14. The predicted molar refractivity (Wildman–Crippen MR) is 216 cm³/mol. The van der Waals surface area contributed by atoms with Crippen LogP contribution in [0, 0.1) is 41.5 Å². The van der Waals surface area contributed by atoms with Crippen LogP contribution >= 0.6 is 0 Å². The highest BCUT2D eigenvalue weighted by Gasteiger charge is 2.12. The Labute approximate surface area is 310 Å². The van der Waals surface area contributed by atoms with Crippen molar-refractivity contribution in [1.29, 1.82) is 0 Å². The lowest BCUT2D eigenvalue weighted by Crippen LogP contribution is -2.03. The Kier molecular flexibility index (Phi) is 13.4. The molecule has 2 unspecified atom stereocenters. The van der Waals surface area contributed by atoms with Gasteiger partial charge < -0.3 is 10.2 Å². The van der Waals surface area contributed by atoms with Gasteiger partial charge in [0, 0.05) is 30.4 Å². The fraction of sp³-hybridized carbons (Fsp3) is 0.250. The Hall–Kier alpha value is -5.16. The SMILES string of the molecule is Cc1cccc(Cc2cncc(C(O)C=Cc3c(C)cccc3C)c2)c1.Cc1cccc(Cc2cncc(C(O)CCc3c(C)cccc3C)c2)c1. The van der Waals surface area contributed by atoms with Crippen molar-refractivity contribution in [2.45, 2.75) is 79.4 Å². The van der Waals surface area contributed by atoms with Gasteiger partial charge in [-0.15, -0.1) is 0 Å². The number of aliphatic hydroxyl groups is 2. The molecule has 52 heavy (non-hydrogen) atoms. The van der Waals surface area contributed by atoms with Gasteiger partial charge in [-0.05, 0) is 141 Å². The van der Waals surface area contributed by atoms with E-state index < -0.39 is 12.2 Å². The molecule has 0 radical (unpaired) electrons. The first kappa shape index (κ1) is 38.1. The van der Waals surface area contributed by atoms with Crippen molar-refractivity contribution < 1.29 is 10.2 Å². The molecule has 266 valence electrons. The molecule has 0 saturated heterocycles. The second kappa shape index (κ2) is 18.4. The molecule has 0 aliphatic rings. The summed E-state index contributed by atoms with van der Waals surface area (Å²) in [5.41, 5.74) is 16.5. The first-order valence-electron chi connectivity index (χ1n) is 18.2. The van der Waals surface area contributed by atoms with Gasteiger partial charge in [0.25, 0.3) is 0 Å². The number of aromatic nitrogens is 2. The Morgan fingerprint density at radius 1 is 0.538 bits per heavy atom. The van der Waals surface area contributed by atoms with Gasteiger partial charge in [-0.2, -0.15) is 0 Å². The van der Waals surface area contributed by atoms with Crippen LogP contribution in [0.25, 0.3) is 6.08 Å². The van der Waals surface area contributed by atoms with E-state index in [9.17, 15) is 10.2 Å². The van der Waals surface area contributed by atoms with Crippen LogP contribution in [0.5, 0.6) is 0 Å². The van der Waals surface area contributed by atoms with Crippen molar-refractivity contribution >= 4 is 6.08 Å². The maximum atomic E-state index is 10.7. The first-order chi connectivity index (χ1) is 25.0. The van der Waals surface area contributed by atoms with Crippen LogP contribution in [-0.2, 0) is 19.3 Å². The van der Waals surface area contributed by atoms with E-state index >= 15 is 0 Å². The summed E-state index contributed by atoms with van der Waals surface area (Å²) in [6, 6.07) is 33.7. The van der Waals surface area contributed by atoms with Crippen LogP contribution in [0.2, 0.25) is 0 Å². The lowest BCUT2D eigenvalue weighted by atomic mass is 9.95. The maximum Gasteiger partial charge on any atom is 0.0990 e. The predicted octanol–water partition coefficient (Wildman–Crippen LogP) is 10.6. The average Bonchev–Trinajstić information content (AvgIpc) is 3.11.